The number of piperidine rings is 1. The summed E-state index contributed by atoms with van der Waals surface area (Å²) in [6.07, 6.45) is 3.96. The van der Waals surface area contributed by atoms with Crippen LogP contribution in [0.5, 0.6) is 0 Å². The van der Waals surface area contributed by atoms with Crippen molar-refractivity contribution in [1.82, 2.24) is 25.8 Å². The maximum Gasteiger partial charge on any atom is 0.254 e. The Morgan fingerprint density at radius 2 is 1.86 bits per heavy atom. The van der Waals surface area contributed by atoms with Crippen LogP contribution in [-0.2, 0) is 11.3 Å². The monoisotopic (exact) mass is 400 g/mol. The molecule has 2 aliphatic rings. The standard InChI is InChI=1S/C21H32N6O2/c1-22-21(24-9-13-26-11-3-2-4-12-26)25-15-17-5-7-18(8-6-17)20(29)27-14-10-23-19(28)16-27/h5-8H,2-4,9-16H2,1H3,(H,23,28)(H2,22,24,25). The summed E-state index contributed by atoms with van der Waals surface area (Å²) >= 11 is 0. The quantitative estimate of drug-likeness (QED) is 0.475. The zero-order chi connectivity index (χ0) is 20.5. The van der Waals surface area contributed by atoms with Crippen LogP contribution in [0.15, 0.2) is 29.3 Å². The number of aliphatic imine (C=N–C) groups is 1. The highest BCUT2D eigenvalue weighted by molar-refractivity contribution is 5.97. The number of piperazine rings is 1. The van der Waals surface area contributed by atoms with Gasteiger partial charge in [0.05, 0.1) is 6.54 Å². The number of carbonyl (C=O) groups is 2. The molecule has 0 unspecified atom stereocenters. The molecule has 1 aromatic carbocycles. The molecule has 3 N–H and O–H groups in total. The third-order valence-corrected chi connectivity index (χ3v) is 5.38. The van der Waals surface area contributed by atoms with Crippen molar-refractivity contribution < 1.29 is 9.59 Å². The Morgan fingerprint density at radius 3 is 2.55 bits per heavy atom. The van der Waals surface area contributed by atoms with Crippen molar-refractivity contribution in [2.24, 2.45) is 4.99 Å². The van der Waals surface area contributed by atoms with Crippen LogP contribution in [0.25, 0.3) is 0 Å². The summed E-state index contributed by atoms with van der Waals surface area (Å²) in [7, 11) is 1.77. The van der Waals surface area contributed by atoms with E-state index in [1.54, 1.807) is 11.9 Å². The van der Waals surface area contributed by atoms with Gasteiger partial charge in [-0.2, -0.15) is 0 Å². The second kappa shape index (κ2) is 10.8. The van der Waals surface area contributed by atoms with Crippen LogP contribution in [0, 0.1) is 0 Å². The minimum absolute atomic E-state index is 0.102. The highest BCUT2D eigenvalue weighted by Crippen LogP contribution is 2.09. The normalized spacial score (nSPS) is 18.3. The number of guanidine groups is 1. The zero-order valence-electron chi connectivity index (χ0n) is 17.2. The minimum Gasteiger partial charge on any atom is -0.355 e. The van der Waals surface area contributed by atoms with Gasteiger partial charge in [0.15, 0.2) is 5.96 Å². The highest BCUT2D eigenvalue weighted by Gasteiger charge is 2.22. The van der Waals surface area contributed by atoms with Gasteiger partial charge < -0.3 is 25.8 Å². The zero-order valence-corrected chi connectivity index (χ0v) is 17.2. The van der Waals surface area contributed by atoms with Crippen molar-refractivity contribution in [3.8, 4) is 0 Å². The van der Waals surface area contributed by atoms with Crippen molar-refractivity contribution in [3.63, 3.8) is 0 Å². The lowest BCUT2D eigenvalue weighted by Gasteiger charge is -2.26. The van der Waals surface area contributed by atoms with Crippen LogP contribution < -0.4 is 16.0 Å². The molecular weight excluding hydrogens is 368 g/mol. The summed E-state index contributed by atoms with van der Waals surface area (Å²) in [5.74, 6) is 0.570. The lowest BCUT2D eigenvalue weighted by atomic mass is 10.1. The van der Waals surface area contributed by atoms with E-state index in [-0.39, 0.29) is 18.4 Å². The number of rotatable bonds is 6. The molecule has 2 aliphatic heterocycles. The van der Waals surface area contributed by atoms with E-state index in [2.05, 4.69) is 25.8 Å². The third kappa shape index (κ3) is 6.45. The Labute approximate surface area is 172 Å². The smallest absolute Gasteiger partial charge is 0.254 e. The number of likely N-dealkylation sites (tertiary alicyclic amines) is 1. The van der Waals surface area contributed by atoms with Crippen LogP contribution in [0.3, 0.4) is 0 Å². The first-order valence-corrected chi connectivity index (χ1v) is 10.5. The fourth-order valence-corrected chi connectivity index (χ4v) is 3.68. The molecule has 3 rings (SSSR count). The molecule has 0 spiro atoms. The number of nitrogens with zero attached hydrogens (tertiary/aromatic N) is 3. The Balaban J connectivity index is 1.42. The average molecular weight is 401 g/mol. The fourth-order valence-electron chi connectivity index (χ4n) is 3.68. The van der Waals surface area contributed by atoms with E-state index < -0.39 is 0 Å². The Kier molecular flexibility index (Phi) is 7.86. The number of hydrogen-bond acceptors (Lipinski definition) is 4. The molecular formula is C21H32N6O2. The molecule has 0 saturated carbocycles. The van der Waals surface area contributed by atoms with Crippen molar-refractivity contribution in [1.29, 1.82) is 0 Å². The van der Waals surface area contributed by atoms with E-state index in [1.165, 1.54) is 32.4 Å². The lowest BCUT2D eigenvalue weighted by molar-refractivity contribution is -0.123. The molecule has 2 saturated heterocycles. The molecule has 2 amide bonds. The van der Waals surface area contributed by atoms with Gasteiger partial charge in [-0.25, -0.2) is 0 Å². The number of hydrogen-bond donors (Lipinski definition) is 3. The minimum atomic E-state index is -0.107. The summed E-state index contributed by atoms with van der Waals surface area (Å²) in [4.78, 5) is 32.3. The van der Waals surface area contributed by atoms with Crippen LogP contribution in [-0.4, -0.2) is 80.4 Å². The molecule has 2 heterocycles. The molecule has 0 bridgehead atoms. The second-order valence-corrected chi connectivity index (χ2v) is 7.53. The van der Waals surface area contributed by atoms with Gasteiger partial charge in [-0.1, -0.05) is 18.6 Å². The van der Waals surface area contributed by atoms with Gasteiger partial charge in [-0.15, -0.1) is 0 Å². The van der Waals surface area contributed by atoms with Gasteiger partial charge >= 0.3 is 0 Å². The first-order valence-electron chi connectivity index (χ1n) is 10.5. The Bertz CT molecular complexity index is 712. The molecule has 1 aromatic rings. The average Bonchev–Trinajstić information content (AvgIpc) is 2.76. The molecule has 29 heavy (non-hydrogen) atoms. The van der Waals surface area contributed by atoms with Gasteiger partial charge in [0.1, 0.15) is 0 Å². The molecule has 8 nitrogen and oxygen atoms in total. The van der Waals surface area contributed by atoms with Gasteiger partial charge in [0.25, 0.3) is 5.91 Å². The van der Waals surface area contributed by atoms with E-state index >= 15 is 0 Å². The molecule has 0 aliphatic carbocycles. The fraction of sp³-hybridized carbons (Fsp3) is 0.571. The molecule has 0 atom stereocenters. The van der Waals surface area contributed by atoms with E-state index in [0.717, 1.165) is 24.6 Å². The summed E-state index contributed by atoms with van der Waals surface area (Å²) in [5, 5.41) is 9.41. The number of nitrogens with one attached hydrogen (secondary N) is 3. The Hall–Kier alpha value is -2.61. The Morgan fingerprint density at radius 1 is 1.10 bits per heavy atom. The van der Waals surface area contributed by atoms with Gasteiger partial charge in [-0.05, 0) is 43.6 Å². The van der Waals surface area contributed by atoms with E-state index in [9.17, 15) is 9.59 Å². The van der Waals surface area contributed by atoms with Crippen molar-refractivity contribution in [3.05, 3.63) is 35.4 Å². The molecule has 2 fully saturated rings. The number of amides is 2. The first-order chi connectivity index (χ1) is 14.2. The summed E-state index contributed by atoms with van der Waals surface area (Å²) < 4.78 is 0. The van der Waals surface area contributed by atoms with Crippen LogP contribution >= 0.6 is 0 Å². The molecule has 0 aromatic heterocycles. The summed E-state index contributed by atoms with van der Waals surface area (Å²) in [6, 6.07) is 7.51. The topological polar surface area (TPSA) is 89.1 Å². The molecule has 0 radical (unpaired) electrons. The van der Waals surface area contributed by atoms with Gasteiger partial charge in [0.2, 0.25) is 5.91 Å². The largest absolute Gasteiger partial charge is 0.355 e. The van der Waals surface area contributed by atoms with Crippen LogP contribution in [0.4, 0.5) is 0 Å². The number of benzene rings is 1. The maximum absolute atomic E-state index is 12.5. The molecule has 158 valence electrons. The van der Waals surface area contributed by atoms with Crippen molar-refractivity contribution in [2.45, 2.75) is 25.8 Å². The maximum atomic E-state index is 12.5. The number of carbonyl (C=O) groups excluding carboxylic acids is 2. The predicted molar refractivity (Wildman–Crippen MR) is 114 cm³/mol. The SMILES string of the molecule is CN=C(NCCN1CCCCC1)NCc1ccc(C(=O)N2CCNC(=O)C2)cc1. The first kappa shape index (κ1) is 21.1. The van der Waals surface area contributed by atoms with Gasteiger partial charge in [0, 0.05) is 45.3 Å². The summed E-state index contributed by atoms with van der Waals surface area (Å²) in [5.41, 5.74) is 1.67. The van der Waals surface area contributed by atoms with Crippen molar-refractivity contribution in [2.75, 3.05) is 52.9 Å². The highest BCUT2D eigenvalue weighted by atomic mass is 16.2. The van der Waals surface area contributed by atoms with Crippen LogP contribution in [0.2, 0.25) is 0 Å². The summed E-state index contributed by atoms with van der Waals surface area (Å²) in [6.45, 7) is 6.11. The third-order valence-electron chi connectivity index (χ3n) is 5.38. The lowest BCUT2D eigenvalue weighted by Crippen LogP contribution is -2.49. The predicted octanol–water partition coefficient (Wildman–Crippen LogP) is 0.410. The van der Waals surface area contributed by atoms with Crippen LogP contribution in [0.1, 0.15) is 35.2 Å². The van der Waals surface area contributed by atoms with E-state index in [1.807, 2.05) is 24.3 Å². The molecule has 8 heteroatoms. The van der Waals surface area contributed by atoms with E-state index in [4.69, 9.17) is 0 Å². The van der Waals surface area contributed by atoms with Crippen molar-refractivity contribution >= 4 is 17.8 Å². The van der Waals surface area contributed by atoms with Gasteiger partial charge in [-0.3, -0.25) is 14.6 Å². The second-order valence-electron chi connectivity index (χ2n) is 7.53. The van der Waals surface area contributed by atoms with E-state index in [0.29, 0.717) is 25.2 Å².